The molecule has 0 aliphatic heterocycles. The van der Waals surface area contributed by atoms with Gasteiger partial charge in [0.15, 0.2) is 0 Å². The SMILES string of the molecule is COC(=O)c1cccc(C#Cc2cccc(NC(=O)c3cc(NC(C)=O)ccc3F)c2)c1. The fourth-order valence-electron chi connectivity index (χ4n) is 2.84. The maximum absolute atomic E-state index is 14.1. The zero-order valence-corrected chi connectivity index (χ0v) is 17.4. The molecule has 3 rings (SSSR count). The summed E-state index contributed by atoms with van der Waals surface area (Å²) in [6.07, 6.45) is 0. The third kappa shape index (κ3) is 5.80. The van der Waals surface area contributed by atoms with Gasteiger partial charge in [0.25, 0.3) is 5.91 Å². The molecule has 2 amide bonds. The summed E-state index contributed by atoms with van der Waals surface area (Å²) >= 11 is 0. The number of rotatable bonds is 4. The molecule has 6 nitrogen and oxygen atoms in total. The van der Waals surface area contributed by atoms with E-state index in [-0.39, 0.29) is 11.5 Å². The molecule has 0 heterocycles. The summed E-state index contributed by atoms with van der Waals surface area (Å²) < 4.78 is 18.8. The lowest BCUT2D eigenvalue weighted by molar-refractivity contribution is -0.114. The number of halogens is 1. The van der Waals surface area contributed by atoms with Gasteiger partial charge in [-0.25, -0.2) is 9.18 Å². The normalized spacial score (nSPS) is 9.84. The molecule has 0 bridgehead atoms. The summed E-state index contributed by atoms with van der Waals surface area (Å²) in [7, 11) is 1.31. The first-order valence-corrected chi connectivity index (χ1v) is 9.54. The molecule has 0 saturated carbocycles. The van der Waals surface area contributed by atoms with Gasteiger partial charge in [0, 0.05) is 29.4 Å². The molecule has 0 spiro atoms. The van der Waals surface area contributed by atoms with Crippen LogP contribution in [0.5, 0.6) is 0 Å². The van der Waals surface area contributed by atoms with E-state index in [1.807, 2.05) is 0 Å². The Morgan fingerprint density at radius 3 is 2.19 bits per heavy atom. The van der Waals surface area contributed by atoms with Gasteiger partial charge >= 0.3 is 5.97 Å². The fourth-order valence-corrected chi connectivity index (χ4v) is 2.84. The van der Waals surface area contributed by atoms with Crippen LogP contribution < -0.4 is 10.6 Å². The molecule has 0 atom stereocenters. The first-order chi connectivity index (χ1) is 15.4. The van der Waals surface area contributed by atoms with E-state index >= 15 is 0 Å². The third-order valence-corrected chi connectivity index (χ3v) is 4.29. The minimum Gasteiger partial charge on any atom is -0.465 e. The summed E-state index contributed by atoms with van der Waals surface area (Å²) in [5, 5.41) is 5.14. The van der Waals surface area contributed by atoms with Gasteiger partial charge in [-0.3, -0.25) is 9.59 Å². The van der Waals surface area contributed by atoms with Crippen LogP contribution in [0.3, 0.4) is 0 Å². The molecule has 0 radical (unpaired) electrons. The van der Waals surface area contributed by atoms with Crippen LogP contribution in [0.15, 0.2) is 66.7 Å². The van der Waals surface area contributed by atoms with Crippen LogP contribution in [-0.4, -0.2) is 24.9 Å². The monoisotopic (exact) mass is 430 g/mol. The number of benzene rings is 3. The van der Waals surface area contributed by atoms with E-state index in [9.17, 15) is 18.8 Å². The number of carbonyl (C=O) groups excluding carboxylic acids is 3. The van der Waals surface area contributed by atoms with Gasteiger partial charge < -0.3 is 15.4 Å². The van der Waals surface area contributed by atoms with E-state index in [4.69, 9.17) is 4.74 Å². The van der Waals surface area contributed by atoms with E-state index in [0.29, 0.717) is 28.1 Å². The van der Waals surface area contributed by atoms with Gasteiger partial charge in [0.2, 0.25) is 5.91 Å². The Morgan fingerprint density at radius 1 is 0.844 bits per heavy atom. The minimum absolute atomic E-state index is 0.202. The van der Waals surface area contributed by atoms with Crippen molar-refractivity contribution in [3.05, 3.63) is 94.8 Å². The molecule has 7 heteroatoms. The molecule has 0 unspecified atom stereocenters. The molecule has 0 saturated heterocycles. The number of nitrogens with one attached hydrogen (secondary N) is 2. The van der Waals surface area contributed by atoms with Crippen LogP contribution in [0, 0.1) is 17.7 Å². The first-order valence-electron chi connectivity index (χ1n) is 9.54. The maximum Gasteiger partial charge on any atom is 0.337 e. The van der Waals surface area contributed by atoms with Gasteiger partial charge in [-0.05, 0) is 54.6 Å². The Bertz CT molecular complexity index is 1260. The second-order valence-electron chi connectivity index (χ2n) is 6.73. The molecule has 0 aliphatic carbocycles. The van der Waals surface area contributed by atoms with Crippen molar-refractivity contribution in [1.82, 2.24) is 0 Å². The van der Waals surface area contributed by atoms with Crippen LogP contribution in [0.4, 0.5) is 15.8 Å². The van der Waals surface area contributed by atoms with Crippen molar-refractivity contribution >= 4 is 29.2 Å². The minimum atomic E-state index is -0.710. The lowest BCUT2D eigenvalue weighted by atomic mass is 10.1. The van der Waals surface area contributed by atoms with Crippen LogP contribution in [0.25, 0.3) is 0 Å². The summed E-state index contributed by atoms with van der Waals surface area (Å²) in [6.45, 7) is 1.32. The maximum atomic E-state index is 14.1. The zero-order valence-electron chi connectivity index (χ0n) is 17.4. The molecule has 3 aromatic carbocycles. The smallest absolute Gasteiger partial charge is 0.337 e. The molecule has 2 N–H and O–H groups in total. The van der Waals surface area contributed by atoms with Gasteiger partial charge in [-0.2, -0.15) is 0 Å². The summed E-state index contributed by atoms with van der Waals surface area (Å²) in [5.41, 5.74) is 2.17. The van der Waals surface area contributed by atoms with Gasteiger partial charge in [0.1, 0.15) is 5.82 Å². The van der Waals surface area contributed by atoms with E-state index in [1.165, 1.54) is 26.2 Å². The van der Waals surface area contributed by atoms with Gasteiger partial charge in [-0.1, -0.05) is 24.0 Å². The van der Waals surface area contributed by atoms with E-state index in [1.54, 1.807) is 48.5 Å². The Kier molecular flexibility index (Phi) is 6.99. The largest absolute Gasteiger partial charge is 0.465 e. The Labute approximate surface area is 184 Å². The molecule has 3 aromatic rings. The number of anilines is 2. The number of esters is 1. The number of methoxy groups -OCH3 is 1. The van der Waals surface area contributed by atoms with Gasteiger partial charge in [0.05, 0.1) is 18.2 Å². The standard InChI is InChI=1S/C25H19FN2O4/c1-16(29)27-21-11-12-23(26)22(15-21)24(30)28-20-8-4-6-18(14-20)10-9-17-5-3-7-19(13-17)25(31)32-2/h3-8,11-15H,1-2H3,(H,27,29)(H,28,30). The predicted molar refractivity (Wildman–Crippen MR) is 119 cm³/mol. The fraction of sp³-hybridized carbons (Fsp3) is 0.0800. The number of amides is 2. The second kappa shape index (κ2) is 10.0. The van der Waals surface area contributed by atoms with Crippen molar-refractivity contribution in [3.63, 3.8) is 0 Å². The lowest BCUT2D eigenvalue weighted by Crippen LogP contribution is -2.15. The van der Waals surface area contributed by atoms with E-state index in [2.05, 4.69) is 22.5 Å². The zero-order chi connectivity index (χ0) is 23.1. The highest BCUT2D eigenvalue weighted by molar-refractivity contribution is 6.05. The van der Waals surface area contributed by atoms with Crippen molar-refractivity contribution in [2.45, 2.75) is 6.92 Å². The Hall–Kier alpha value is -4.44. The Balaban J connectivity index is 1.78. The highest BCUT2D eigenvalue weighted by Gasteiger charge is 2.13. The van der Waals surface area contributed by atoms with E-state index < -0.39 is 17.7 Å². The van der Waals surface area contributed by atoms with Crippen LogP contribution in [0.1, 0.15) is 38.8 Å². The highest BCUT2D eigenvalue weighted by Crippen LogP contribution is 2.18. The average molecular weight is 430 g/mol. The number of ether oxygens (including phenoxy) is 1. The summed E-state index contributed by atoms with van der Waals surface area (Å²) in [5.74, 6) is 3.77. The third-order valence-electron chi connectivity index (χ3n) is 4.29. The van der Waals surface area contributed by atoms with Crippen molar-refractivity contribution in [2.75, 3.05) is 17.7 Å². The molecule has 0 aliphatic rings. The second-order valence-corrected chi connectivity index (χ2v) is 6.73. The average Bonchev–Trinajstić information content (AvgIpc) is 2.78. The van der Waals surface area contributed by atoms with Crippen molar-refractivity contribution < 1.29 is 23.5 Å². The van der Waals surface area contributed by atoms with Crippen LogP contribution >= 0.6 is 0 Å². The molecule has 0 fully saturated rings. The quantitative estimate of drug-likeness (QED) is 0.479. The lowest BCUT2D eigenvalue weighted by Gasteiger charge is -2.09. The first kappa shape index (κ1) is 22.2. The van der Waals surface area contributed by atoms with Crippen LogP contribution in [0.2, 0.25) is 0 Å². The summed E-state index contributed by atoms with van der Waals surface area (Å²) in [6, 6.07) is 17.2. The topological polar surface area (TPSA) is 84.5 Å². The molecule has 32 heavy (non-hydrogen) atoms. The predicted octanol–water partition coefficient (Wildman–Crippen LogP) is 4.22. The van der Waals surface area contributed by atoms with Crippen molar-refractivity contribution in [1.29, 1.82) is 0 Å². The molecular weight excluding hydrogens is 411 g/mol. The molecule has 0 aromatic heterocycles. The highest BCUT2D eigenvalue weighted by atomic mass is 19.1. The van der Waals surface area contributed by atoms with Gasteiger partial charge in [-0.15, -0.1) is 0 Å². The number of hydrogen-bond donors (Lipinski definition) is 2. The van der Waals surface area contributed by atoms with Crippen LogP contribution in [-0.2, 0) is 9.53 Å². The van der Waals surface area contributed by atoms with Crippen molar-refractivity contribution in [2.24, 2.45) is 0 Å². The number of carbonyl (C=O) groups is 3. The van der Waals surface area contributed by atoms with Crippen molar-refractivity contribution in [3.8, 4) is 11.8 Å². The molecular formula is C25H19FN2O4. The number of hydrogen-bond acceptors (Lipinski definition) is 4. The van der Waals surface area contributed by atoms with E-state index in [0.717, 1.165) is 6.07 Å². The Morgan fingerprint density at radius 2 is 1.50 bits per heavy atom. The summed E-state index contributed by atoms with van der Waals surface area (Å²) in [4.78, 5) is 35.4. The molecule has 160 valence electrons.